The van der Waals surface area contributed by atoms with E-state index in [2.05, 4.69) is 4.52 Å². The molecule has 0 saturated heterocycles. The summed E-state index contributed by atoms with van der Waals surface area (Å²) in [6.07, 6.45) is 0. The highest BCUT2D eigenvalue weighted by molar-refractivity contribution is 7.58. The van der Waals surface area contributed by atoms with Crippen molar-refractivity contribution in [3.63, 3.8) is 0 Å². The molecule has 0 amide bonds. The fourth-order valence-electron chi connectivity index (χ4n) is 1.35. The first-order chi connectivity index (χ1) is 9.23. The molecule has 1 aromatic carbocycles. The molecule has 0 saturated carbocycles. The Morgan fingerprint density at radius 1 is 0.714 bits per heavy atom. The van der Waals surface area contributed by atoms with E-state index in [-0.39, 0.29) is 17.2 Å². The lowest BCUT2D eigenvalue weighted by Gasteiger charge is -2.16. The standard InChI is InChI=1S/C10H17O8P3/c1-19(2,11)16-8-5-9(17-20(3,4)12)7-10(6-8)18-21(13,14)15/h5-7H,1-4H3,(H2,13,14,15). The minimum atomic E-state index is -4.78. The predicted molar refractivity (Wildman–Crippen MR) is 79.3 cm³/mol. The topological polar surface area (TPSA) is 119 Å². The van der Waals surface area contributed by atoms with Crippen molar-refractivity contribution < 1.29 is 37.1 Å². The Morgan fingerprint density at radius 3 is 1.24 bits per heavy atom. The van der Waals surface area contributed by atoms with Gasteiger partial charge in [0.25, 0.3) is 0 Å². The molecule has 11 heteroatoms. The van der Waals surface area contributed by atoms with Gasteiger partial charge in [-0.05, 0) is 0 Å². The molecule has 0 spiro atoms. The summed E-state index contributed by atoms with van der Waals surface area (Å²) in [4.78, 5) is 17.6. The molecule has 0 fully saturated rings. The molecule has 1 rings (SSSR count). The maximum absolute atomic E-state index is 11.7. The lowest BCUT2D eigenvalue weighted by molar-refractivity contribution is 0.283. The van der Waals surface area contributed by atoms with Crippen molar-refractivity contribution >= 4 is 22.6 Å². The second kappa shape index (κ2) is 6.15. The molecule has 1 aromatic rings. The zero-order chi connectivity index (χ0) is 16.5. The molecule has 120 valence electrons. The van der Waals surface area contributed by atoms with Crippen molar-refractivity contribution in [2.75, 3.05) is 26.7 Å². The third-order valence-electron chi connectivity index (χ3n) is 1.73. The summed E-state index contributed by atoms with van der Waals surface area (Å²) in [5, 5.41) is 0. The maximum atomic E-state index is 11.7. The quantitative estimate of drug-likeness (QED) is 0.745. The second-order valence-electron chi connectivity index (χ2n) is 4.91. The van der Waals surface area contributed by atoms with Gasteiger partial charge in [-0.2, -0.15) is 0 Å². The number of rotatable bonds is 6. The average molecular weight is 358 g/mol. The van der Waals surface area contributed by atoms with Crippen LogP contribution in [0, 0.1) is 0 Å². The summed E-state index contributed by atoms with van der Waals surface area (Å²) < 4.78 is 49.0. The van der Waals surface area contributed by atoms with Crippen molar-refractivity contribution in [3.05, 3.63) is 18.2 Å². The molecule has 0 unspecified atom stereocenters. The van der Waals surface area contributed by atoms with E-state index in [0.29, 0.717) is 0 Å². The molecule has 0 aliphatic heterocycles. The fraction of sp³-hybridized carbons (Fsp3) is 0.400. The Balaban J connectivity index is 3.22. The van der Waals surface area contributed by atoms with Gasteiger partial charge >= 0.3 is 7.82 Å². The van der Waals surface area contributed by atoms with Gasteiger partial charge in [0.05, 0.1) is 0 Å². The van der Waals surface area contributed by atoms with Crippen LogP contribution in [0.2, 0.25) is 0 Å². The van der Waals surface area contributed by atoms with Crippen LogP contribution in [0.25, 0.3) is 0 Å². The monoisotopic (exact) mass is 358 g/mol. The first-order valence-corrected chi connectivity index (χ1v) is 12.2. The lowest BCUT2D eigenvalue weighted by atomic mass is 10.3. The van der Waals surface area contributed by atoms with Crippen LogP contribution in [0.4, 0.5) is 0 Å². The zero-order valence-corrected chi connectivity index (χ0v) is 14.6. The number of phosphoric acid groups is 1. The van der Waals surface area contributed by atoms with Crippen LogP contribution in [-0.2, 0) is 13.7 Å². The molecule has 0 bridgehead atoms. The van der Waals surface area contributed by atoms with Crippen LogP contribution in [0.15, 0.2) is 18.2 Å². The molecule has 0 radical (unpaired) electrons. The fourth-order valence-corrected chi connectivity index (χ4v) is 2.96. The van der Waals surface area contributed by atoms with Gasteiger partial charge < -0.3 is 13.6 Å². The molecule has 8 nitrogen and oxygen atoms in total. The smallest absolute Gasteiger partial charge is 0.443 e. The summed E-state index contributed by atoms with van der Waals surface area (Å²) in [5.41, 5.74) is 0. The number of benzene rings is 1. The summed E-state index contributed by atoms with van der Waals surface area (Å²) in [6, 6.07) is 3.62. The van der Waals surface area contributed by atoms with Gasteiger partial charge in [0.1, 0.15) is 17.2 Å². The molecular weight excluding hydrogens is 341 g/mol. The molecule has 0 aromatic heterocycles. The van der Waals surface area contributed by atoms with Crippen molar-refractivity contribution in [2.24, 2.45) is 0 Å². The van der Waals surface area contributed by atoms with E-state index in [1.807, 2.05) is 0 Å². The minimum absolute atomic E-state index is 0.0257. The largest absolute Gasteiger partial charge is 0.524 e. The number of phosphoric ester groups is 1. The molecule has 0 atom stereocenters. The molecule has 0 aliphatic carbocycles. The number of hydrogen-bond donors (Lipinski definition) is 2. The van der Waals surface area contributed by atoms with Crippen molar-refractivity contribution in [3.8, 4) is 17.2 Å². The van der Waals surface area contributed by atoms with Crippen LogP contribution in [0.1, 0.15) is 0 Å². The van der Waals surface area contributed by atoms with Gasteiger partial charge in [-0.15, -0.1) is 0 Å². The Hall–Kier alpha value is -0.770. The Labute approximate surface area is 122 Å². The molecular formula is C10H17O8P3. The third-order valence-corrected chi connectivity index (χ3v) is 3.48. The van der Waals surface area contributed by atoms with E-state index in [1.54, 1.807) is 0 Å². The van der Waals surface area contributed by atoms with E-state index in [1.165, 1.54) is 32.7 Å². The van der Waals surface area contributed by atoms with Gasteiger partial charge in [-0.1, -0.05) is 0 Å². The molecule has 2 N–H and O–H groups in total. The van der Waals surface area contributed by atoms with Gasteiger partial charge in [-0.25, -0.2) is 4.57 Å². The predicted octanol–water partition coefficient (Wildman–Crippen LogP) is 2.99. The lowest BCUT2D eigenvalue weighted by Crippen LogP contribution is -1.95. The van der Waals surface area contributed by atoms with E-state index in [9.17, 15) is 13.7 Å². The van der Waals surface area contributed by atoms with E-state index < -0.39 is 22.6 Å². The van der Waals surface area contributed by atoms with Crippen LogP contribution in [-0.4, -0.2) is 36.4 Å². The number of hydrogen-bond acceptors (Lipinski definition) is 6. The van der Waals surface area contributed by atoms with Crippen LogP contribution >= 0.6 is 22.6 Å². The van der Waals surface area contributed by atoms with Crippen LogP contribution in [0.5, 0.6) is 17.2 Å². The zero-order valence-electron chi connectivity index (χ0n) is 11.9. The van der Waals surface area contributed by atoms with Gasteiger partial charge in [0, 0.05) is 44.9 Å². The second-order valence-corrected chi connectivity index (χ2v) is 11.4. The van der Waals surface area contributed by atoms with E-state index in [4.69, 9.17) is 18.8 Å². The summed E-state index contributed by atoms with van der Waals surface area (Å²) in [5.74, 6) is -0.201. The van der Waals surface area contributed by atoms with Gasteiger partial charge in [-0.3, -0.25) is 18.9 Å². The Kier molecular flexibility index (Phi) is 5.36. The van der Waals surface area contributed by atoms with Gasteiger partial charge in [0.2, 0.25) is 14.7 Å². The molecule has 0 aliphatic rings. The maximum Gasteiger partial charge on any atom is 0.524 e. The van der Waals surface area contributed by atoms with Crippen LogP contribution < -0.4 is 13.6 Å². The average Bonchev–Trinajstić information content (AvgIpc) is 2.06. The van der Waals surface area contributed by atoms with E-state index >= 15 is 0 Å². The Bertz CT molecular complexity index is 549. The highest BCUT2D eigenvalue weighted by Gasteiger charge is 2.20. The van der Waals surface area contributed by atoms with Crippen molar-refractivity contribution in [1.82, 2.24) is 0 Å². The van der Waals surface area contributed by atoms with E-state index in [0.717, 1.165) is 12.1 Å². The third kappa shape index (κ3) is 8.30. The molecule has 21 heavy (non-hydrogen) atoms. The Morgan fingerprint density at radius 2 is 1.00 bits per heavy atom. The highest BCUT2D eigenvalue weighted by Crippen LogP contribution is 2.47. The highest BCUT2D eigenvalue weighted by atomic mass is 31.2. The SMILES string of the molecule is CP(C)(=O)Oc1cc(OP(C)(C)=O)cc(OP(=O)(O)O)c1. The van der Waals surface area contributed by atoms with Crippen molar-refractivity contribution in [2.45, 2.75) is 0 Å². The van der Waals surface area contributed by atoms with Gasteiger partial charge in [0.15, 0.2) is 0 Å². The first kappa shape index (κ1) is 18.3. The normalized spacial score (nSPS) is 12.9. The van der Waals surface area contributed by atoms with Crippen molar-refractivity contribution in [1.29, 1.82) is 0 Å². The minimum Gasteiger partial charge on any atom is -0.443 e. The summed E-state index contributed by atoms with van der Waals surface area (Å²) in [6.45, 7) is 5.48. The van der Waals surface area contributed by atoms with Crippen LogP contribution in [0.3, 0.4) is 0 Å². The summed E-state index contributed by atoms with van der Waals surface area (Å²) >= 11 is 0. The molecule has 0 heterocycles. The summed E-state index contributed by atoms with van der Waals surface area (Å²) in [7, 11) is -10.6. The first-order valence-electron chi connectivity index (χ1n) is 5.63.